The molecule has 0 aliphatic heterocycles. The highest BCUT2D eigenvalue weighted by Gasteiger charge is 2.20. The fourth-order valence-corrected chi connectivity index (χ4v) is 4.03. The number of carbonyl (C=O) groups is 1. The summed E-state index contributed by atoms with van der Waals surface area (Å²) in [5, 5.41) is 2.44. The van der Waals surface area contributed by atoms with Gasteiger partial charge < -0.3 is 9.73 Å². The van der Waals surface area contributed by atoms with Crippen LogP contribution >= 0.6 is 0 Å². The van der Waals surface area contributed by atoms with Gasteiger partial charge in [-0.25, -0.2) is 17.6 Å². The Morgan fingerprint density at radius 3 is 2.46 bits per heavy atom. The molecule has 0 aliphatic carbocycles. The minimum absolute atomic E-state index is 0.0342. The van der Waals surface area contributed by atoms with E-state index in [0.29, 0.717) is 11.3 Å². The maximum Gasteiger partial charge on any atom is 0.349 e. The van der Waals surface area contributed by atoms with Gasteiger partial charge in [0.05, 0.1) is 10.6 Å². The van der Waals surface area contributed by atoms with E-state index >= 15 is 0 Å². The summed E-state index contributed by atoms with van der Waals surface area (Å²) >= 11 is 0. The molecule has 0 saturated carbocycles. The standard InChI is InChI=1S/C20H24FNO5S/c1-4-5-13(2)17-12-14(3)18(20(24)27-17)19(23)22-10-11-28(25,26)16-8-6-15(21)7-9-16/h6-9,12-13H,4-5,10-11H2,1-3H3,(H,22,23). The van der Waals surface area contributed by atoms with Crippen LogP contribution in [0.3, 0.4) is 0 Å². The zero-order valence-electron chi connectivity index (χ0n) is 16.1. The van der Waals surface area contributed by atoms with Gasteiger partial charge in [-0.3, -0.25) is 4.79 Å². The van der Waals surface area contributed by atoms with Crippen LogP contribution in [0.15, 0.2) is 44.4 Å². The smallest absolute Gasteiger partial charge is 0.349 e. The van der Waals surface area contributed by atoms with Crippen LogP contribution in [0.4, 0.5) is 4.39 Å². The maximum atomic E-state index is 12.9. The fourth-order valence-electron chi connectivity index (χ4n) is 2.87. The minimum Gasteiger partial charge on any atom is -0.427 e. The minimum atomic E-state index is -3.68. The van der Waals surface area contributed by atoms with Crippen LogP contribution in [-0.4, -0.2) is 26.6 Å². The third-order valence-corrected chi connectivity index (χ3v) is 6.16. The second-order valence-electron chi connectivity index (χ2n) is 6.71. The van der Waals surface area contributed by atoms with Gasteiger partial charge in [0, 0.05) is 12.5 Å². The lowest BCUT2D eigenvalue weighted by atomic mass is 10.0. The average Bonchev–Trinajstić information content (AvgIpc) is 2.61. The molecule has 0 aliphatic rings. The Morgan fingerprint density at radius 1 is 1.25 bits per heavy atom. The van der Waals surface area contributed by atoms with Crippen molar-refractivity contribution in [3.63, 3.8) is 0 Å². The molecule has 1 unspecified atom stereocenters. The molecule has 0 fully saturated rings. The molecule has 0 bridgehead atoms. The van der Waals surface area contributed by atoms with Crippen molar-refractivity contribution >= 4 is 15.7 Å². The number of rotatable bonds is 8. The average molecular weight is 409 g/mol. The summed E-state index contributed by atoms with van der Waals surface area (Å²) < 4.78 is 42.7. The van der Waals surface area contributed by atoms with Crippen LogP contribution < -0.4 is 10.9 Å². The van der Waals surface area contributed by atoms with E-state index in [1.54, 1.807) is 13.0 Å². The number of aryl methyl sites for hydroxylation is 1. The molecule has 1 N–H and O–H groups in total. The van der Waals surface area contributed by atoms with Crippen molar-refractivity contribution < 1.29 is 22.0 Å². The number of nitrogens with one attached hydrogen (secondary N) is 1. The van der Waals surface area contributed by atoms with E-state index in [9.17, 15) is 22.4 Å². The quantitative estimate of drug-likeness (QED) is 0.676. The molecule has 2 aromatic rings. The van der Waals surface area contributed by atoms with E-state index in [1.165, 1.54) is 12.1 Å². The molecule has 152 valence electrons. The van der Waals surface area contributed by atoms with Crippen molar-refractivity contribution in [1.29, 1.82) is 0 Å². The van der Waals surface area contributed by atoms with Gasteiger partial charge in [0.2, 0.25) is 0 Å². The number of carbonyl (C=O) groups excluding carboxylic acids is 1. The Labute approximate surface area is 163 Å². The van der Waals surface area contributed by atoms with Gasteiger partial charge in [0.25, 0.3) is 5.91 Å². The second-order valence-corrected chi connectivity index (χ2v) is 8.82. The summed E-state index contributed by atoms with van der Waals surface area (Å²) in [6.07, 6.45) is 1.80. The molecule has 1 atom stereocenters. The summed E-state index contributed by atoms with van der Waals surface area (Å²) in [6.45, 7) is 5.43. The Balaban J connectivity index is 2.07. The van der Waals surface area contributed by atoms with E-state index in [0.717, 1.165) is 25.0 Å². The molecular formula is C20H24FNO5S. The summed E-state index contributed by atoms with van der Waals surface area (Å²) in [5.41, 5.74) is -0.392. The molecule has 1 heterocycles. The van der Waals surface area contributed by atoms with Crippen LogP contribution in [0.5, 0.6) is 0 Å². The first-order chi connectivity index (χ1) is 13.2. The lowest BCUT2D eigenvalue weighted by molar-refractivity contribution is 0.0951. The lowest BCUT2D eigenvalue weighted by Gasteiger charge is -2.12. The Morgan fingerprint density at radius 2 is 1.89 bits per heavy atom. The number of amides is 1. The lowest BCUT2D eigenvalue weighted by Crippen LogP contribution is -2.33. The highest BCUT2D eigenvalue weighted by Crippen LogP contribution is 2.21. The van der Waals surface area contributed by atoms with Crippen molar-refractivity contribution in [1.82, 2.24) is 5.32 Å². The van der Waals surface area contributed by atoms with Gasteiger partial charge >= 0.3 is 5.63 Å². The van der Waals surface area contributed by atoms with Crippen LogP contribution in [-0.2, 0) is 9.84 Å². The van der Waals surface area contributed by atoms with E-state index in [1.807, 2.05) is 13.8 Å². The molecule has 6 nitrogen and oxygen atoms in total. The number of hydrogen-bond donors (Lipinski definition) is 1. The molecule has 1 aromatic carbocycles. The molecule has 8 heteroatoms. The first-order valence-corrected chi connectivity index (χ1v) is 10.7. The van der Waals surface area contributed by atoms with Gasteiger partial charge in [-0.05, 0) is 49.2 Å². The first-order valence-electron chi connectivity index (χ1n) is 9.07. The van der Waals surface area contributed by atoms with Gasteiger partial charge in [-0.2, -0.15) is 0 Å². The largest absolute Gasteiger partial charge is 0.427 e. The van der Waals surface area contributed by atoms with Gasteiger partial charge in [0.1, 0.15) is 17.1 Å². The predicted octanol–water partition coefficient (Wildman–Crippen LogP) is 3.19. The van der Waals surface area contributed by atoms with Crippen LogP contribution in [0.25, 0.3) is 0 Å². The van der Waals surface area contributed by atoms with Gasteiger partial charge in [-0.15, -0.1) is 0 Å². The van der Waals surface area contributed by atoms with E-state index in [2.05, 4.69) is 5.32 Å². The summed E-state index contributed by atoms with van der Waals surface area (Å²) in [4.78, 5) is 24.6. The SMILES string of the molecule is CCCC(C)c1cc(C)c(C(=O)NCCS(=O)(=O)c2ccc(F)cc2)c(=O)o1. The normalized spacial score (nSPS) is 12.6. The third kappa shape index (κ3) is 5.28. The number of hydrogen-bond acceptors (Lipinski definition) is 5. The Kier molecular flexibility index (Phi) is 7.12. The zero-order chi connectivity index (χ0) is 20.9. The molecule has 0 saturated heterocycles. The molecular weight excluding hydrogens is 385 g/mol. The van der Waals surface area contributed by atoms with Crippen molar-refractivity contribution in [2.75, 3.05) is 12.3 Å². The van der Waals surface area contributed by atoms with Crippen molar-refractivity contribution in [3.8, 4) is 0 Å². The van der Waals surface area contributed by atoms with Gasteiger partial charge in [0.15, 0.2) is 9.84 Å². The van der Waals surface area contributed by atoms with E-state index < -0.39 is 27.2 Å². The fraction of sp³-hybridized carbons (Fsp3) is 0.400. The van der Waals surface area contributed by atoms with Gasteiger partial charge in [-0.1, -0.05) is 20.3 Å². The summed E-state index contributed by atoms with van der Waals surface area (Å²) in [6, 6.07) is 6.12. The highest BCUT2D eigenvalue weighted by atomic mass is 32.2. The van der Waals surface area contributed by atoms with Crippen LogP contribution in [0, 0.1) is 12.7 Å². The Bertz CT molecular complexity index is 996. The number of halogens is 1. The maximum absolute atomic E-state index is 12.9. The summed E-state index contributed by atoms with van der Waals surface area (Å²) in [5.74, 6) is -1.00. The second kappa shape index (κ2) is 9.14. The third-order valence-electron chi connectivity index (χ3n) is 4.43. The van der Waals surface area contributed by atoms with Crippen LogP contribution in [0.2, 0.25) is 0 Å². The number of benzene rings is 1. The molecule has 1 aromatic heterocycles. The molecule has 0 radical (unpaired) electrons. The number of sulfone groups is 1. The topological polar surface area (TPSA) is 93.5 Å². The first kappa shape index (κ1) is 21.8. The van der Waals surface area contributed by atoms with Crippen molar-refractivity contribution in [2.24, 2.45) is 0 Å². The predicted molar refractivity (Wildman–Crippen MR) is 104 cm³/mol. The monoisotopic (exact) mass is 409 g/mol. The molecule has 28 heavy (non-hydrogen) atoms. The molecule has 0 spiro atoms. The zero-order valence-corrected chi connectivity index (χ0v) is 16.9. The van der Waals surface area contributed by atoms with Crippen LogP contribution in [0.1, 0.15) is 54.3 Å². The van der Waals surface area contributed by atoms with E-state index in [-0.39, 0.29) is 28.7 Å². The summed E-state index contributed by atoms with van der Waals surface area (Å²) in [7, 11) is -3.68. The Hall–Kier alpha value is -2.48. The molecule has 1 amide bonds. The van der Waals surface area contributed by atoms with Crippen molar-refractivity contribution in [2.45, 2.75) is 44.4 Å². The highest BCUT2D eigenvalue weighted by molar-refractivity contribution is 7.91. The molecule has 2 rings (SSSR count). The van der Waals surface area contributed by atoms with Crippen molar-refractivity contribution in [3.05, 3.63) is 63.5 Å². The van der Waals surface area contributed by atoms with E-state index in [4.69, 9.17) is 4.42 Å².